The minimum Gasteiger partial charge on any atom is -0.352 e. The molecule has 0 N–H and O–H groups in total. The van der Waals surface area contributed by atoms with Crippen LogP contribution in [0.25, 0.3) is 11.3 Å². The molecule has 6 nitrogen and oxygen atoms in total. The normalized spacial score (nSPS) is 13.5. The summed E-state index contributed by atoms with van der Waals surface area (Å²) in [5.41, 5.74) is 3.90. The van der Waals surface area contributed by atoms with E-state index in [0.29, 0.717) is 30.0 Å². The van der Waals surface area contributed by atoms with Crippen LogP contribution in [-0.4, -0.2) is 29.7 Å². The smallest absolute Gasteiger partial charge is 0.214 e. The molecule has 1 aromatic heterocycles. The van der Waals surface area contributed by atoms with Crippen LogP contribution >= 0.6 is 0 Å². The molecule has 1 aliphatic carbocycles. The fraction of sp³-hybridized carbons (Fsp3) is 0.333. The lowest BCUT2D eigenvalue weighted by Crippen LogP contribution is -2.27. The fourth-order valence-corrected chi connectivity index (χ4v) is 3.07. The largest absolute Gasteiger partial charge is 0.352 e. The number of benzene rings is 1. The zero-order chi connectivity index (χ0) is 17.3. The third-order valence-corrected chi connectivity index (χ3v) is 4.17. The molecule has 0 unspecified atom stereocenters. The van der Waals surface area contributed by atoms with Gasteiger partial charge in [-0.3, -0.25) is 14.4 Å². The van der Waals surface area contributed by atoms with Crippen LogP contribution in [0.1, 0.15) is 41.4 Å². The highest BCUT2D eigenvalue weighted by Crippen LogP contribution is 2.33. The van der Waals surface area contributed by atoms with Gasteiger partial charge in [-0.1, -0.05) is 11.2 Å². The molecule has 0 spiro atoms. The standard InChI is InChI=1S/C18H18N2O4/c1-11-8-13(6-7-15(11)20(10-21)9-12(2)22)17-14-4-3-5-16(23)18(14)24-19-17/h6-8,10H,3-5,9H2,1-2H3. The molecule has 1 aromatic carbocycles. The van der Waals surface area contributed by atoms with Gasteiger partial charge in [-0.15, -0.1) is 0 Å². The molecule has 0 fully saturated rings. The molecule has 0 aliphatic heterocycles. The Morgan fingerprint density at radius 2 is 2.17 bits per heavy atom. The molecule has 2 aromatic rings. The van der Waals surface area contributed by atoms with E-state index in [4.69, 9.17) is 4.52 Å². The average Bonchev–Trinajstić information content (AvgIpc) is 2.98. The minimum absolute atomic E-state index is 0.00284. The van der Waals surface area contributed by atoms with E-state index in [1.807, 2.05) is 19.1 Å². The number of anilines is 1. The van der Waals surface area contributed by atoms with E-state index in [1.165, 1.54) is 11.8 Å². The topological polar surface area (TPSA) is 80.5 Å². The zero-order valence-electron chi connectivity index (χ0n) is 13.7. The van der Waals surface area contributed by atoms with Gasteiger partial charge in [-0.05, 0) is 44.4 Å². The maximum Gasteiger partial charge on any atom is 0.214 e. The molecule has 0 saturated heterocycles. The third kappa shape index (κ3) is 2.87. The van der Waals surface area contributed by atoms with Crippen LogP contribution in [0.3, 0.4) is 0 Å². The summed E-state index contributed by atoms with van der Waals surface area (Å²) >= 11 is 0. The Balaban J connectivity index is 1.97. The van der Waals surface area contributed by atoms with Gasteiger partial charge < -0.3 is 9.42 Å². The van der Waals surface area contributed by atoms with E-state index < -0.39 is 0 Å². The number of aryl methyl sites for hydroxylation is 1. The summed E-state index contributed by atoms with van der Waals surface area (Å²) < 4.78 is 5.23. The first-order valence-electron chi connectivity index (χ1n) is 7.85. The number of nitrogens with zero attached hydrogens (tertiary/aromatic N) is 2. The predicted molar refractivity (Wildman–Crippen MR) is 88.0 cm³/mol. The molecule has 3 rings (SSSR count). The number of hydrogen-bond acceptors (Lipinski definition) is 5. The van der Waals surface area contributed by atoms with Crippen molar-refractivity contribution in [1.29, 1.82) is 0 Å². The van der Waals surface area contributed by atoms with Crippen LogP contribution < -0.4 is 4.90 Å². The number of aromatic nitrogens is 1. The lowest BCUT2D eigenvalue weighted by molar-refractivity contribution is -0.117. The summed E-state index contributed by atoms with van der Waals surface area (Å²) in [6, 6.07) is 5.51. The number of rotatable bonds is 5. The van der Waals surface area contributed by atoms with E-state index in [-0.39, 0.29) is 18.1 Å². The monoisotopic (exact) mass is 326 g/mol. The number of hydrogen-bond donors (Lipinski definition) is 0. The van der Waals surface area contributed by atoms with Gasteiger partial charge >= 0.3 is 0 Å². The summed E-state index contributed by atoms with van der Waals surface area (Å²) in [5, 5.41) is 4.07. The van der Waals surface area contributed by atoms with Crippen molar-refractivity contribution in [3.8, 4) is 11.3 Å². The molecule has 0 bridgehead atoms. The first-order valence-corrected chi connectivity index (χ1v) is 7.85. The SMILES string of the molecule is CC(=O)CN(C=O)c1ccc(-c2noc3c2CCCC3=O)cc1C. The highest BCUT2D eigenvalue weighted by Gasteiger charge is 2.26. The zero-order valence-corrected chi connectivity index (χ0v) is 13.7. The molecule has 1 heterocycles. The maximum absolute atomic E-state index is 11.9. The molecule has 1 aliphatic rings. The van der Waals surface area contributed by atoms with Gasteiger partial charge in [0, 0.05) is 23.2 Å². The average molecular weight is 326 g/mol. The number of amides is 1. The number of carbonyl (C=O) groups is 3. The summed E-state index contributed by atoms with van der Waals surface area (Å²) in [4.78, 5) is 35.8. The number of ketones is 2. The number of Topliss-reactive ketones (excluding diaryl/α,β-unsaturated/α-hetero) is 2. The summed E-state index contributed by atoms with van der Waals surface area (Å²) in [6.45, 7) is 3.35. The summed E-state index contributed by atoms with van der Waals surface area (Å²) in [7, 11) is 0. The Bertz CT molecular complexity index is 822. The van der Waals surface area contributed by atoms with Crippen LogP contribution in [0.15, 0.2) is 22.7 Å². The number of fused-ring (bicyclic) bond motifs is 1. The van der Waals surface area contributed by atoms with Crippen molar-refractivity contribution in [2.75, 3.05) is 11.4 Å². The van der Waals surface area contributed by atoms with Gasteiger partial charge in [0.05, 0.1) is 6.54 Å². The molecule has 24 heavy (non-hydrogen) atoms. The highest BCUT2D eigenvalue weighted by molar-refractivity contribution is 5.97. The van der Waals surface area contributed by atoms with Crippen molar-refractivity contribution in [3.63, 3.8) is 0 Å². The Morgan fingerprint density at radius 1 is 1.38 bits per heavy atom. The van der Waals surface area contributed by atoms with Gasteiger partial charge in [0.25, 0.3) is 0 Å². The van der Waals surface area contributed by atoms with Crippen molar-refractivity contribution in [3.05, 3.63) is 35.1 Å². The van der Waals surface area contributed by atoms with Crippen molar-refractivity contribution in [1.82, 2.24) is 5.16 Å². The third-order valence-electron chi connectivity index (χ3n) is 4.17. The first-order chi connectivity index (χ1) is 11.5. The lowest BCUT2D eigenvalue weighted by atomic mass is 9.93. The van der Waals surface area contributed by atoms with Gasteiger partial charge in [-0.25, -0.2) is 0 Å². The molecule has 6 heteroatoms. The molecule has 0 atom stereocenters. The van der Waals surface area contributed by atoms with Crippen molar-refractivity contribution in [2.24, 2.45) is 0 Å². The van der Waals surface area contributed by atoms with Crippen LogP contribution in [-0.2, 0) is 16.0 Å². The van der Waals surface area contributed by atoms with Crippen molar-refractivity contribution in [2.45, 2.75) is 33.1 Å². The molecular weight excluding hydrogens is 308 g/mol. The molecule has 124 valence electrons. The van der Waals surface area contributed by atoms with Crippen molar-refractivity contribution < 1.29 is 18.9 Å². The lowest BCUT2D eigenvalue weighted by Gasteiger charge is -2.19. The fourth-order valence-electron chi connectivity index (χ4n) is 3.07. The van der Waals surface area contributed by atoms with Crippen LogP contribution in [0.2, 0.25) is 0 Å². The molecule has 0 radical (unpaired) electrons. The second-order valence-corrected chi connectivity index (χ2v) is 6.05. The molecule has 0 saturated carbocycles. The quantitative estimate of drug-likeness (QED) is 0.789. The highest BCUT2D eigenvalue weighted by atomic mass is 16.5. The van der Waals surface area contributed by atoms with E-state index in [0.717, 1.165) is 29.5 Å². The van der Waals surface area contributed by atoms with Crippen LogP contribution in [0.4, 0.5) is 5.69 Å². The van der Waals surface area contributed by atoms with Gasteiger partial charge in [-0.2, -0.15) is 0 Å². The second-order valence-electron chi connectivity index (χ2n) is 6.05. The van der Waals surface area contributed by atoms with Crippen LogP contribution in [0.5, 0.6) is 0 Å². The van der Waals surface area contributed by atoms with E-state index in [1.54, 1.807) is 6.07 Å². The summed E-state index contributed by atoms with van der Waals surface area (Å²) in [6.07, 6.45) is 2.72. The molecule has 1 amide bonds. The van der Waals surface area contributed by atoms with E-state index in [2.05, 4.69) is 5.16 Å². The van der Waals surface area contributed by atoms with Crippen LogP contribution in [0, 0.1) is 6.92 Å². The Morgan fingerprint density at radius 3 is 2.83 bits per heavy atom. The Kier molecular flexibility index (Phi) is 4.29. The van der Waals surface area contributed by atoms with E-state index in [9.17, 15) is 14.4 Å². The van der Waals surface area contributed by atoms with E-state index >= 15 is 0 Å². The van der Waals surface area contributed by atoms with Crippen molar-refractivity contribution >= 4 is 23.7 Å². The first kappa shape index (κ1) is 16.1. The predicted octanol–water partition coefficient (Wildman–Crippen LogP) is 2.72. The molecular formula is C18H18N2O4. The summed E-state index contributed by atoms with van der Waals surface area (Å²) in [5.74, 6) is 0.274. The van der Waals surface area contributed by atoms with Gasteiger partial charge in [0.1, 0.15) is 11.5 Å². The number of carbonyl (C=O) groups excluding carboxylic acids is 3. The van der Waals surface area contributed by atoms with Gasteiger partial charge in [0.2, 0.25) is 18.0 Å². The Labute approximate surface area is 139 Å². The Hall–Kier alpha value is -2.76. The second kappa shape index (κ2) is 6.39. The maximum atomic E-state index is 11.9. The van der Waals surface area contributed by atoms with Gasteiger partial charge in [0.15, 0.2) is 0 Å². The minimum atomic E-state index is -0.0883.